The Morgan fingerprint density at radius 1 is 1.14 bits per heavy atom. The van der Waals surface area contributed by atoms with Gasteiger partial charge in [-0.05, 0) is 48.9 Å². The van der Waals surface area contributed by atoms with Crippen molar-refractivity contribution >= 4 is 11.4 Å². The molecule has 0 aliphatic heterocycles. The van der Waals surface area contributed by atoms with E-state index in [0.717, 1.165) is 23.5 Å². The first kappa shape index (κ1) is 15.3. The molecule has 0 radical (unpaired) electrons. The van der Waals surface area contributed by atoms with Gasteiger partial charge in [-0.2, -0.15) is 0 Å². The second-order valence-electron chi connectivity index (χ2n) is 4.83. The minimum atomic E-state index is -0.216. The molecule has 112 valence electrons. The minimum absolute atomic E-state index is 0.146. The monoisotopic (exact) mass is 288 g/mol. The summed E-state index contributed by atoms with van der Waals surface area (Å²) >= 11 is 0. The standard InChI is InChI=1S/C17H21FN2O/c1-2-20(10-11-21)17-8-6-16(7-9-17)19-13-14-4-3-5-15(18)12-14/h3-9,12,19,21H,2,10-11,13H2,1H3. The third kappa shape index (κ3) is 4.46. The Kier molecular flexibility index (Phi) is 5.58. The molecular weight excluding hydrogens is 267 g/mol. The van der Waals surface area contributed by atoms with Gasteiger partial charge >= 0.3 is 0 Å². The van der Waals surface area contributed by atoms with Crippen LogP contribution in [-0.4, -0.2) is 24.8 Å². The number of halogens is 1. The molecule has 4 heteroatoms. The van der Waals surface area contributed by atoms with Gasteiger partial charge in [-0.1, -0.05) is 12.1 Å². The van der Waals surface area contributed by atoms with Crippen LogP contribution in [0.1, 0.15) is 12.5 Å². The minimum Gasteiger partial charge on any atom is -0.395 e. The Labute approximate surface area is 125 Å². The summed E-state index contributed by atoms with van der Waals surface area (Å²) in [6.45, 7) is 4.29. The maximum atomic E-state index is 13.1. The Balaban J connectivity index is 1.96. The first-order valence-electron chi connectivity index (χ1n) is 7.17. The fourth-order valence-electron chi connectivity index (χ4n) is 2.23. The van der Waals surface area contributed by atoms with E-state index in [2.05, 4.69) is 17.1 Å². The molecule has 0 spiro atoms. The number of aliphatic hydroxyl groups is 1. The average molecular weight is 288 g/mol. The smallest absolute Gasteiger partial charge is 0.123 e. The molecule has 2 aromatic carbocycles. The highest BCUT2D eigenvalue weighted by Gasteiger charge is 2.03. The van der Waals surface area contributed by atoms with E-state index in [0.29, 0.717) is 13.1 Å². The topological polar surface area (TPSA) is 35.5 Å². The van der Waals surface area contributed by atoms with E-state index in [1.54, 1.807) is 6.07 Å². The van der Waals surface area contributed by atoms with Gasteiger partial charge in [0.25, 0.3) is 0 Å². The molecule has 0 aromatic heterocycles. The molecule has 0 saturated carbocycles. The molecule has 2 N–H and O–H groups in total. The molecule has 2 rings (SSSR count). The van der Waals surface area contributed by atoms with Gasteiger partial charge in [0, 0.05) is 31.0 Å². The van der Waals surface area contributed by atoms with Crippen LogP contribution < -0.4 is 10.2 Å². The summed E-state index contributed by atoms with van der Waals surface area (Å²) in [5.74, 6) is -0.216. The first-order chi connectivity index (χ1) is 10.2. The molecule has 0 bridgehead atoms. The molecule has 0 heterocycles. The maximum absolute atomic E-state index is 13.1. The number of likely N-dealkylation sites (N-methyl/N-ethyl adjacent to an activating group) is 1. The molecule has 0 saturated heterocycles. The van der Waals surface area contributed by atoms with Gasteiger partial charge in [0.2, 0.25) is 0 Å². The third-order valence-corrected chi connectivity index (χ3v) is 3.37. The third-order valence-electron chi connectivity index (χ3n) is 3.37. The first-order valence-corrected chi connectivity index (χ1v) is 7.17. The van der Waals surface area contributed by atoms with Gasteiger partial charge in [0.1, 0.15) is 5.82 Å². The van der Waals surface area contributed by atoms with Crippen molar-refractivity contribution in [2.24, 2.45) is 0 Å². The number of benzene rings is 2. The lowest BCUT2D eigenvalue weighted by Crippen LogP contribution is -2.25. The molecule has 0 atom stereocenters. The molecule has 21 heavy (non-hydrogen) atoms. The molecule has 0 unspecified atom stereocenters. The van der Waals surface area contributed by atoms with Crippen molar-refractivity contribution in [2.45, 2.75) is 13.5 Å². The van der Waals surface area contributed by atoms with Gasteiger partial charge in [-0.15, -0.1) is 0 Å². The van der Waals surface area contributed by atoms with E-state index in [-0.39, 0.29) is 12.4 Å². The van der Waals surface area contributed by atoms with Crippen LogP contribution in [0, 0.1) is 5.82 Å². The summed E-state index contributed by atoms with van der Waals surface area (Å²) in [6, 6.07) is 14.6. The lowest BCUT2D eigenvalue weighted by Gasteiger charge is -2.22. The van der Waals surface area contributed by atoms with Crippen molar-refractivity contribution in [1.82, 2.24) is 0 Å². The summed E-state index contributed by atoms with van der Waals surface area (Å²) in [5, 5.41) is 12.3. The van der Waals surface area contributed by atoms with Crippen LogP contribution in [0.2, 0.25) is 0 Å². The zero-order valence-electron chi connectivity index (χ0n) is 12.2. The number of anilines is 2. The summed E-state index contributed by atoms with van der Waals surface area (Å²) in [4.78, 5) is 2.11. The van der Waals surface area contributed by atoms with E-state index >= 15 is 0 Å². The number of rotatable bonds is 7. The molecule has 3 nitrogen and oxygen atoms in total. The predicted molar refractivity (Wildman–Crippen MR) is 85.1 cm³/mol. The number of hydrogen-bond acceptors (Lipinski definition) is 3. The van der Waals surface area contributed by atoms with E-state index in [9.17, 15) is 4.39 Å². The fourth-order valence-corrected chi connectivity index (χ4v) is 2.23. The van der Waals surface area contributed by atoms with Crippen molar-refractivity contribution in [3.8, 4) is 0 Å². The second kappa shape index (κ2) is 7.64. The van der Waals surface area contributed by atoms with Crippen LogP contribution in [0.25, 0.3) is 0 Å². The molecule has 0 aliphatic carbocycles. The van der Waals surface area contributed by atoms with Crippen LogP contribution in [0.15, 0.2) is 48.5 Å². The van der Waals surface area contributed by atoms with Gasteiger partial charge in [-0.3, -0.25) is 0 Å². The Morgan fingerprint density at radius 2 is 1.90 bits per heavy atom. The number of hydrogen-bond donors (Lipinski definition) is 2. The molecule has 0 fully saturated rings. The predicted octanol–water partition coefficient (Wildman–Crippen LogP) is 3.26. The van der Waals surface area contributed by atoms with Crippen molar-refractivity contribution in [2.75, 3.05) is 29.9 Å². The van der Waals surface area contributed by atoms with Crippen LogP contribution in [0.3, 0.4) is 0 Å². The van der Waals surface area contributed by atoms with Crippen molar-refractivity contribution in [1.29, 1.82) is 0 Å². The Bertz CT molecular complexity index is 557. The second-order valence-corrected chi connectivity index (χ2v) is 4.83. The lowest BCUT2D eigenvalue weighted by molar-refractivity contribution is 0.302. The van der Waals surface area contributed by atoms with E-state index in [1.807, 2.05) is 30.3 Å². The van der Waals surface area contributed by atoms with Crippen LogP contribution in [-0.2, 0) is 6.54 Å². The van der Waals surface area contributed by atoms with Crippen LogP contribution in [0.5, 0.6) is 0 Å². The maximum Gasteiger partial charge on any atom is 0.123 e. The molecular formula is C17H21FN2O. The summed E-state index contributed by atoms with van der Waals surface area (Å²) in [7, 11) is 0. The van der Waals surface area contributed by atoms with E-state index in [1.165, 1.54) is 12.1 Å². The fraction of sp³-hybridized carbons (Fsp3) is 0.294. The largest absolute Gasteiger partial charge is 0.395 e. The van der Waals surface area contributed by atoms with Crippen molar-refractivity contribution in [3.05, 3.63) is 59.9 Å². The van der Waals surface area contributed by atoms with Gasteiger partial charge in [-0.25, -0.2) is 4.39 Å². The average Bonchev–Trinajstić information content (AvgIpc) is 2.51. The summed E-state index contributed by atoms with van der Waals surface area (Å²) in [6.07, 6.45) is 0. The zero-order valence-corrected chi connectivity index (χ0v) is 12.2. The van der Waals surface area contributed by atoms with Crippen molar-refractivity contribution in [3.63, 3.8) is 0 Å². The van der Waals surface area contributed by atoms with Gasteiger partial charge < -0.3 is 15.3 Å². The van der Waals surface area contributed by atoms with Gasteiger partial charge in [0.15, 0.2) is 0 Å². The lowest BCUT2D eigenvalue weighted by atomic mass is 10.2. The highest BCUT2D eigenvalue weighted by atomic mass is 19.1. The summed E-state index contributed by atoms with van der Waals surface area (Å²) in [5.41, 5.74) is 2.99. The van der Waals surface area contributed by atoms with E-state index in [4.69, 9.17) is 5.11 Å². The van der Waals surface area contributed by atoms with Crippen molar-refractivity contribution < 1.29 is 9.50 Å². The molecule has 0 aliphatic rings. The highest BCUT2D eigenvalue weighted by Crippen LogP contribution is 2.18. The molecule has 0 amide bonds. The Hall–Kier alpha value is -2.07. The summed E-state index contributed by atoms with van der Waals surface area (Å²) < 4.78 is 13.1. The normalized spacial score (nSPS) is 10.4. The highest BCUT2D eigenvalue weighted by molar-refractivity contribution is 5.55. The molecule has 2 aromatic rings. The van der Waals surface area contributed by atoms with Crippen LogP contribution in [0.4, 0.5) is 15.8 Å². The van der Waals surface area contributed by atoms with Gasteiger partial charge in [0.05, 0.1) is 6.61 Å². The number of nitrogens with one attached hydrogen (secondary N) is 1. The van der Waals surface area contributed by atoms with Crippen LogP contribution >= 0.6 is 0 Å². The zero-order chi connectivity index (χ0) is 15.1. The Morgan fingerprint density at radius 3 is 2.52 bits per heavy atom. The van der Waals surface area contributed by atoms with E-state index < -0.39 is 0 Å². The SMILES string of the molecule is CCN(CCO)c1ccc(NCc2cccc(F)c2)cc1. The number of aliphatic hydroxyl groups excluding tert-OH is 1. The number of nitrogens with zero attached hydrogens (tertiary/aromatic N) is 1. The quantitative estimate of drug-likeness (QED) is 0.821.